The molecule has 0 amide bonds. The van der Waals surface area contributed by atoms with Gasteiger partial charge in [0.25, 0.3) is 0 Å². The second kappa shape index (κ2) is 14.2. The number of hydrogen-bond acceptors (Lipinski definition) is 6. The Morgan fingerprint density at radius 2 is 0.909 bits per heavy atom. The minimum atomic E-state index is -0.279. The Bertz CT molecular complexity index is 3650. The third-order valence-corrected chi connectivity index (χ3v) is 13.4. The molecular formula is C59H37BN2O4. The van der Waals surface area contributed by atoms with Crippen molar-refractivity contribution >= 4 is 57.0 Å². The highest BCUT2D eigenvalue weighted by molar-refractivity contribution is 6.93. The van der Waals surface area contributed by atoms with E-state index in [4.69, 9.17) is 18.9 Å². The molecule has 0 N–H and O–H groups in total. The standard InChI is InChI=1S/C59H37BN2O4/c1-36-13-5-8-18-44(36)41-30-46-45-29-39-16-6-7-17-40(39)31-48(45)62(42-25-23-38(24-26-42)37-14-3-2-4-15-37)60-47-34-57-58(66-54-22-12-11-21-53(54)65-57)35-49(47)61(50(32-41)59(46)60)43-27-28-55-56(33-43)64-52-20-10-9-19-51(52)63-55/h2-35H,1H3. The third-order valence-electron chi connectivity index (χ3n) is 13.4. The number of ether oxygens (including phenoxy) is 4. The minimum absolute atomic E-state index is 0.279. The lowest BCUT2D eigenvalue weighted by atomic mass is 9.43. The first-order valence-corrected chi connectivity index (χ1v) is 22.3. The number of anilines is 5. The second-order valence-electron chi connectivity index (χ2n) is 17.3. The Hall–Kier alpha value is -8.68. The zero-order valence-electron chi connectivity index (χ0n) is 35.7. The predicted molar refractivity (Wildman–Crippen MR) is 266 cm³/mol. The molecule has 0 fully saturated rings. The molecule has 10 aromatic carbocycles. The van der Waals surface area contributed by atoms with Crippen LogP contribution in [0.5, 0.6) is 46.0 Å². The van der Waals surface area contributed by atoms with Crippen LogP contribution in [0.2, 0.25) is 0 Å². The fourth-order valence-electron chi connectivity index (χ4n) is 10.4. The fraction of sp³-hybridized carbons (Fsp3) is 0.0169. The van der Waals surface area contributed by atoms with Crippen LogP contribution >= 0.6 is 0 Å². The van der Waals surface area contributed by atoms with Gasteiger partial charge >= 0.3 is 6.85 Å². The van der Waals surface area contributed by atoms with Crippen molar-refractivity contribution in [1.82, 2.24) is 0 Å². The molecule has 66 heavy (non-hydrogen) atoms. The quantitative estimate of drug-likeness (QED) is 0.164. The van der Waals surface area contributed by atoms with Crippen LogP contribution in [-0.4, -0.2) is 6.85 Å². The van der Waals surface area contributed by atoms with Crippen molar-refractivity contribution in [2.45, 2.75) is 6.92 Å². The average Bonchev–Trinajstić information content (AvgIpc) is 3.36. The SMILES string of the molecule is Cc1ccccc1-c1cc2c3c(c1)N(c1ccc4c(c1)Oc1ccccc1O4)c1cc4c(cc1B3N(c1ccc(-c3ccccc3)cc1)c1cc3ccccc3cc1-2)Oc1ccccc1O4. The van der Waals surface area contributed by atoms with Gasteiger partial charge in [-0.05, 0) is 141 Å². The molecule has 4 heterocycles. The van der Waals surface area contributed by atoms with Gasteiger partial charge in [0, 0.05) is 40.4 Å². The average molecular weight is 849 g/mol. The van der Waals surface area contributed by atoms with E-state index < -0.39 is 0 Å². The van der Waals surface area contributed by atoms with Gasteiger partial charge in [0.15, 0.2) is 46.0 Å². The molecule has 10 aromatic rings. The molecular weight excluding hydrogens is 811 g/mol. The van der Waals surface area contributed by atoms with Gasteiger partial charge in [-0.15, -0.1) is 0 Å². The molecule has 14 rings (SSSR count). The maximum absolute atomic E-state index is 6.75. The normalized spacial score (nSPS) is 13.3. The van der Waals surface area contributed by atoms with Crippen LogP contribution in [0, 0.1) is 6.92 Å². The molecule has 0 aromatic heterocycles. The summed E-state index contributed by atoms with van der Waals surface area (Å²) in [4.78, 5) is 4.92. The fourth-order valence-corrected chi connectivity index (χ4v) is 10.4. The van der Waals surface area contributed by atoms with Crippen molar-refractivity contribution in [2.24, 2.45) is 0 Å². The summed E-state index contributed by atoms with van der Waals surface area (Å²) in [5.74, 6) is 5.33. The summed E-state index contributed by atoms with van der Waals surface area (Å²) in [6, 6.07) is 72.7. The van der Waals surface area contributed by atoms with Gasteiger partial charge in [-0.2, -0.15) is 0 Å². The Morgan fingerprint density at radius 3 is 1.62 bits per heavy atom. The Balaban J connectivity index is 1.07. The van der Waals surface area contributed by atoms with Crippen molar-refractivity contribution in [3.8, 4) is 79.4 Å². The monoisotopic (exact) mass is 848 g/mol. The summed E-state index contributed by atoms with van der Waals surface area (Å²) in [5.41, 5.74) is 15.6. The van der Waals surface area contributed by atoms with Crippen LogP contribution < -0.4 is 39.6 Å². The molecule has 0 atom stereocenters. The van der Waals surface area contributed by atoms with Crippen molar-refractivity contribution in [3.05, 3.63) is 212 Å². The van der Waals surface area contributed by atoms with Crippen molar-refractivity contribution in [1.29, 1.82) is 0 Å². The summed E-state index contributed by atoms with van der Waals surface area (Å²) in [5, 5.41) is 2.36. The highest BCUT2D eigenvalue weighted by atomic mass is 16.6. The van der Waals surface area contributed by atoms with Gasteiger partial charge in [0.1, 0.15) is 0 Å². The Labute approximate surface area is 382 Å². The van der Waals surface area contributed by atoms with Crippen LogP contribution in [0.4, 0.5) is 28.4 Å². The molecule has 310 valence electrons. The minimum Gasteiger partial charge on any atom is -0.450 e. The molecule has 0 aliphatic carbocycles. The number of para-hydroxylation sites is 4. The maximum Gasteiger partial charge on any atom is 0.333 e. The Kier molecular flexibility index (Phi) is 7.89. The van der Waals surface area contributed by atoms with Crippen molar-refractivity contribution < 1.29 is 18.9 Å². The van der Waals surface area contributed by atoms with Crippen molar-refractivity contribution in [3.63, 3.8) is 0 Å². The van der Waals surface area contributed by atoms with E-state index in [1.807, 2.05) is 54.6 Å². The largest absolute Gasteiger partial charge is 0.450 e. The highest BCUT2D eigenvalue weighted by Gasteiger charge is 2.46. The number of benzene rings is 10. The van der Waals surface area contributed by atoms with Gasteiger partial charge in [-0.1, -0.05) is 115 Å². The lowest BCUT2D eigenvalue weighted by Crippen LogP contribution is -2.61. The van der Waals surface area contributed by atoms with Gasteiger partial charge in [-0.3, -0.25) is 0 Å². The number of fused-ring (bicyclic) bond motifs is 9. The Morgan fingerprint density at radius 1 is 0.348 bits per heavy atom. The van der Waals surface area contributed by atoms with E-state index in [0.29, 0.717) is 46.0 Å². The number of aryl methyl sites for hydroxylation is 1. The molecule has 7 heteroatoms. The van der Waals surface area contributed by atoms with E-state index in [2.05, 4.69) is 168 Å². The van der Waals surface area contributed by atoms with Crippen LogP contribution in [0.15, 0.2) is 206 Å². The molecule has 6 nitrogen and oxygen atoms in total. The summed E-state index contributed by atoms with van der Waals surface area (Å²) in [6.45, 7) is 1.91. The summed E-state index contributed by atoms with van der Waals surface area (Å²) in [6.07, 6.45) is 0. The molecule has 0 spiro atoms. The summed E-state index contributed by atoms with van der Waals surface area (Å²) >= 11 is 0. The topological polar surface area (TPSA) is 43.4 Å². The molecule has 0 saturated carbocycles. The first-order valence-electron chi connectivity index (χ1n) is 22.3. The third kappa shape index (κ3) is 5.63. The van der Waals surface area contributed by atoms with Crippen LogP contribution in [0.3, 0.4) is 0 Å². The highest BCUT2D eigenvalue weighted by Crippen LogP contribution is 2.54. The zero-order valence-corrected chi connectivity index (χ0v) is 35.7. The molecule has 0 unspecified atom stereocenters. The van der Waals surface area contributed by atoms with Gasteiger partial charge < -0.3 is 28.7 Å². The van der Waals surface area contributed by atoms with Crippen molar-refractivity contribution in [2.75, 3.05) is 9.71 Å². The van der Waals surface area contributed by atoms with Crippen LogP contribution in [0.1, 0.15) is 5.56 Å². The van der Waals surface area contributed by atoms with E-state index in [9.17, 15) is 0 Å². The molecule has 0 bridgehead atoms. The van der Waals surface area contributed by atoms with E-state index in [1.54, 1.807) is 0 Å². The maximum atomic E-state index is 6.75. The second-order valence-corrected chi connectivity index (χ2v) is 17.3. The first kappa shape index (κ1) is 36.8. The van der Waals surface area contributed by atoms with E-state index >= 15 is 0 Å². The predicted octanol–water partition coefficient (Wildman–Crippen LogP) is 15.0. The smallest absolute Gasteiger partial charge is 0.333 e. The van der Waals surface area contributed by atoms with E-state index in [0.717, 1.165) is 50.6 Å². The lowest BCUT2D eigenvalue weighted by Gasteiger charge is -2.46. The van der Waals surface area contributed by atoms with Crippen LogP contribution in [-0.2, 0) is 0 Å². The first-order chi connectivity index (χ1) is 32.6. The molecule has 0 saturated heterocycles. The molecule has 4 aliphatic heterocycles. The zero-order chi connectivity index (χ0) is 43.5. The summed E-state index contributed by atoms with van der Waals surface area (Å²) in [7, 11) is 0. The van der Waals surface area contributed by atoms with Gasteiger partial charge in [0.05, 0.1) is 5.69 Å². The van der Waals surface area contributed by atoms with Crippen LogP contribution in [0.25, 0.3) is 44.2 Å². The number of hydrogen-bond donors (Lipinski definition) is 0. The van der Waals surface area contributed by atoms with E-state index in [1.165, 1.54) is 38.5 Å². The number of rotatable bonds is 4. The summed E-state index contributed by atoms with van der Waals surface area (Å²) < 4.78 is 26.5. The lowest BCUT2D eigenvalue weighted by molar-refractivity contribution is 0.359. The van der Waals surface area contributed by atoms with Gasteiger partial charge in [-0.25, -0.2) is 0 Å². The van der Waals surface area contributed by atoms with Gasteiger partial charge in [0.2, 0.25) is 0 Å². The molecule has 4 aliphatic rings. The molecule has 0 radical (unpaired) electrons. The van der Waals surface area contributed by atoms with E-state index in [-0.39, 0.29) is 6.85 Å². The number of nitrogens with zero attached hydrogens (tertiary/aromatic N) is 2.